The molecule has 146 valence electrons. The highest BCUT2D eigenvalue weighted by molar-refractivity contribution is 5.76. The third-order valence-corrected chi connectivity index (χ3v) is 5.57. The number of anilines is 1. The Bertz CT molecular complexity index is 934. The zero-order valence-electron chi connectivity index (χ0n) is 16.6. The number of aromatic nitrogens is 2. The molecular formula is C23H27N3O2. The number of fused-ring (bicyclic) bond motifs is 1. The van der Waals surface area contributed by atoms with E-state index in [4.69, 9.17) is 19.4 Å². The van der Waals surface area contributed by atoms with Gasteiger partial charge in [0.15, 0.2) is 0 Å². The van der Waals surface area contributed by atoms with Crippen molar-refractivity contribution in [2.75, 3.05) is 31.7 Å². The van der Waals surface area contributed by atoms with Crippen molar-refractivity contribution in [3.63, 3.8) is 0 Å². The summed E-state index contributed by atoms with van der Waals surface area (Å²) >= 11 is 0. The second kappa shape index (κ2) is 8.15. The van der Waals surface area contributed by atoms with Crippen LogP contribution < -0.4 is 10.1 Å². The maximum Gasteiger partial charge on any atom is 0.148 e. The number of benzene rings is 2. The maximum absolute atomic E-state index is 5.66. The molecule has 4 rings (SSSR count). The molecular weight excluding hydrogens is 350 g/mol. The van der Waals surface area contributed by atoms with Gasteiger partial charge in [-0.25, -0.2) is 9.97 Å². The zero-order chi connectivity index (χ0) is 19.4. The standard InChI is InChI=1S/C23H27N3O2/c1-3-28-19-10-8-18(9-11-19)23(12-14-27-15-13-23)16-24-22-17(2)25-20-6-4-5-7-21(20)26-22/h4-11H,3,12-16H2,1-2H3,(H,24,26). The summed E-state index contributed by atoms with van der Waals surface area (Å²) in [5, 5.41) is 3.59. The molecule has 0 spiro atoms. The normalized spacial score (nSPS) is 16.1. The van der Waals surface area contributed by atoms with Crippen LogP contribution >= 0.6 is 0 Å². The molecule has 2 aromatic carbocycles. The molecule has 0 radical (unpaired) electrons. The molecule has 0 aliphatic carbocycles. The highest BCUT2D eigenvalue weighted by Crippen LogP contribution is 2.36. The largest absolute Gasteiger partial charge is 0.494 e. The van der Waals surface area contributed by atoms with Gasteiger partial charge in [-0.2, -0.15) is 0 Å². The SMILES string of the molecule is CCOc1ccc(C2(CNc3nc4ccccc4nc3C)CCOCC2)cc1. The smallest absolute Gasteiger partial charge is 0.148 e. The third-order valence-electron chi connectivity index (χ3n) is 5.57. The summed E-state index contributed by atoms with van der Waals surface area (Å²) in [7, 11) is 0. The summed E-state index contributed by atoms with van der Waals surface area (Å²) in [6.07, 6.45) is 1.96. The van der Waals surface area contributed by atoms with Crippen molar-refractivity contribution in [3.05, 3.63) is 59.8 Å². The predicted molar refractivity (Wildman–Crippen MR) is 112 cm³/mol. The van der Waals surface area contributed by atoms with Crippen LogP contribution in [-0.2, 0) is 10.2 Å². The Kier molecular flexibility index (Phi) is 5.44. The lowest BCUT2D eigenvalue weighted by molar-refractivity contribution is 0.0543. The summed E-state index contributed by atoms with van der Waals surface area (Å²) in [6.45, 7) is 7.05. The number of hydrogen-bond acceptors (Lipinski definition) is 5. The summed E-state index contributed by atoms with van der Waals surface area (Å²) in [6, 6.07) is 16.5. The Morgan fingerprint density at radius 3 is 2.36 bits per heavy atom. The fraction of sp³-hybridized carbons (Fsp3) is 0.391. The molecule has 0 unspecified atom stereocenters. The fourth-order valence-corrected chi connectivity index (χ4v) is 3.91. The molecule has 5 nitrogen and oxygen atoms in total. The van der Waals surface area contributed by atoms with Crippen molar-refractivity contribution < 1.29 is 9.47 Å². The Balaban J connectivity index is 1.59. The van der Waals surface area contributed by atoms with Gasteiger partial charge in [0.05, 0.1) is 23.3 Å². The Hall–Kier alpha value is -2.66. The average Bonchev–Trinajstić information content (AvgIpc) is 2.74. The van der Waals surface area contributed by atoms with Gasteiger partial charge in [0.2, 0.25) is 0 Å². The number of nitrogens with one attached hydrogen (secondary N) is 1. The number of nitrogens with zero attached hydrogens (tertiary/aromatic N) is 2. The molecule has 28 heavy (non-hydrogen) atoms. The Labute approximate surface area is 166 Å². The quantitative estimate of drug-likeness (QED) is 0.686. The minimum absolute atomic E-state index is 0.0166. The van der Waals surface area contributed by atoms with Crippen molar-refractivity contribution in [2.24, 2.45) is 0 Å². The highest BCUT2D eigenvalue weighted by atomic mass is 16.5. The van der Waals surface area contributed by atoms with Crippen LogP contribution in [0.1, 0.15) is 31.0 Å². The van der Waals surface area contributed by atoms with E-state index in [0.717, 1.165) is 60.9 Å². The molecule has 0 atom stereocenters. The third kappa shape index (κ3) is 3.80. The van der Waals surface area contributed by atoms with Crippen LogP contribution in [0, 0.1) is 6.92 Å². The summed E-state index contributed by atoms with van der Waals surface area (Å²) < 4.78 is 11.3. The first kappa shape index (κ1) is 18.7. The minimum Gasteiger partial charge on any atom is -0.494 e. The van der Waals surface area contributed by atoms with Crippen LogP contribution in [0.4, 0.5) is 5.82 Å². The maximum atomic E-state index is 5.66. The molecule has 5 heteroatoms. The Morgan fingerprint density at radius 1 is 1.00 bits per heavy atom. The molecule has 2 heterocycles. The molecule has 1 aliphatic rings. The van der Waals surface area contributed by atoms with Crippen LogP contribution in [0.25, 0.3) is 11.0 Å². The van der Waals surface area contributed by atoms with Gasteiger partial charge in [-0.1, -0.05) is 24.3 Å². The molecule has 3 aromatic rings. The van der Waals surface area contributed by atoms with Crippen molar-refractivity contribution in [2.45, 2.75) is 32.1 Å². The van der Waals surface area contributed by atoms with Gasteiger partial charge in [-0.05, 0) is 56.5 Å². The van der Waals surface area contributed by atoms with E-state index < -0.39 is 0 Å². The summed E-state index contributed by atoms with van der Waals surface area (Å²) in [5.41, 5.74) is 4.10. The molecule has 1 aliphatic heterocycles. The van der Waals surface area contributed by atoms with Gasteiger partial charge in [0, 0.05) is 25.2 Å². The van der Waals surface area contributed by atoms with Gasteiger partial charge in [0.25, 0.3) is 0 Å². The van der Waals surface area contributed by atoms with Crippen molar-refractivity contribution >= 4 is 16.9 Å². The lowest BCUT2D eigenvalue weighted by Crippen LogP contribution is -2.40. The van der Waals surface area contributed by atoms with E-state index in [-0.39, 0.29) is 5.41 Å². The second-order valence-corrected chi connectivity index (χ2v) is 7.35. The van der Waals surface area contributed by atoms with Crippen molar-refractivity contribution in [1.82, 2.24) is 9.97 Å². The predicted octanol–water partition coefficient (Wildman–Crippen LogP) is 4.50. The van der Waals surface area contributed by atoms with E-state index in [9.17, 15) is 0 Å². The molecule has 0 amide bonds. The van der Waals surface area contributed by atoms with Crippen molar-refractivity contribution in [3.8, 4) is 5.75 Å². The monoisotopic (exact) mass is 377 g/mol. The lowest BCUT2D eigenvalue weighted by atomic mass is 9.74. The van der Waals surface area contributed by atoms with Gasteiger partial charge in [0.1, 0.15) is 11.6 Å². The zero-order valence-corrected chi connectivity index (χ0v) is 16.6. The lowest BCUT2D eigenvalue weighted by Gasteiger charge is -2.38. The van der Waals surface area contributed by atoms with Crippen LogP contribution in [0.2, 0.25) is 0 Å². The minimum atomic E-state index is 0.0166. The summed E-state index contributed by atoms with van der Waals surface area (Å²) in [4.78, 5) is 9.50. The van der Waals surface area contributed by atoms with E-state index in [1.807, 2.05) is 38.1 Å². The average molecular weight is 377 g/mol. The highest BCUT2D eigenvalue weighted by Gasteiger charge is 2.34. The number of para-hydroxylation sites is 2. The van der Waals surface area contributed by atoms with Gasteiger partial charge >= 0.3 is 0 Å². The van der Waals surface area contributed by atoms with Gasteiger partial charge < -0.3 is 14.8 Å². The topological polar surface area (TPSA) is 56.3 Å². The van der Waals surface area contributed by atoms with E-state index in [1.54, 1.807) is 0 Å². The first-order valence-electron chi connectivity index (χ1n) is 9.98. The van der Waals surface area contributed by atoms with Crippen molar-refractivity contribution in [1.29, 1.82) is 0 Å². The molecule has 1 fully saturated rings. The number of hydrogen-bond donors (Lipinski definition) is 1. The van der Waals surface area contributed by atoms with Crippen LogP contribution in [0.5, 0.6) is 5.75 Å². The molecule has 1 aromatic heterocycles. The van der Waals surface area contributed by atoms with Crippen LogP contribution in [0.3, 0.4) is 0 Å². The van der Waals surface area contributed by atoms with E-state index in [2.05, 4.69) is 29.6 Å². The number of aryl methyl sites for hydroxylation is 1. The second-order valence-electron chi connectivity index (χ2n) is 7.35. The number of ether oxygens (including phenoxy) is 2. The Morgan fingerprint density at radius 2 is 1.68 bits per heavy atom. The molecule has 0 saturated carbocycles. The van der Waals surface area contributed by atoms with E-state index in [1.165, 1.54) is 5.56 Å². The molecule has 1 saturated heterocycles. The van der Waals surface area contributed by atoms with Crippen LogP contribution in [0.15, 0.2) is 48.5 Å². The van der Waals surface area contributed by atoms with Gasteiger partial charge in [-0.15, -0.1) is 0 Å². The molecule has 1 N–H and O–H groups in total. The molecule has 0 bridgehead atoms. The first-order chi connectivity index (χ1) is 13.7. The van der Waals surface area contributed by atoms with E-state index >= 15 is 0 Å². The first-order valence-corrected chi connectivity index (χ1v) is 9.98. The fourth-order valence-electron chi connectivity index (χ4n) is 3.91. The van der Waals surface area contributed by atoms with Crippen LogP contribution in [-0.4, -0.2) is 36.3 Å². The number of rotatable bonds is 6. The van der Waals surface area contributed by atoms with Gasteiger partial charge in [-0.3, -0.25) is 0 Å². The summed E-state index contributed by atoms with van der Waals surface area (Å²) in [5.74, 6) is 1.77. The van der Waals surface area contributed by atoms with E-state index in [0.29, 0.717) is 6.61 Å².